The summed E-state index contributed by atoms with van der Waals surface area (Å²) >= 11 is 0. The first-order valence-corrected chi connectivity index (χ1v) is 5.21. The number of ether oxygens (including phenoxy) is 1. The summed E-state index contributed by atoms with van der Waals surface area (Å²) in [5.41, 5.74) is 4.59. The average Bonchev–Trinajstić information content (AvgIpc) is 2.88. The molecule has 0 saturated heterocycles. The molecule has 82 valence electrons. The molecule has 3 N–H and O–H groups in total. The van der Waals surface area contributed by atoms with Crippen molar-refractivity contribution in [1.29, 1.82) is 0 Å². The Morgan fingerprint density at radius 3 is 2.71 bits per heavy atom. The molecule has 1 aliphatic carbocycles. The summed E-state index contributed by atoms with van der Waals surface area (Å²) in [7, 11) is 0. The summed E-state index contributed by atoms with van der Waals surface area (Å²) in [5, 5.41) is 3.05. The van der Waals surface area contributed by atoms with E-state index >= 15 is 0 Å². The average molecular weight is 200 g/mol. The summed E-state index contributed by atoms with van der Waals surface area (Å²) in [6, 6.07) is 0. The number of rotatable bonds is 7. The molecule has 0 heterocycles. The van der Waals surface area contributed by atoms with Crippen LogP contribution in [0.5, 0.6) is 0 Å². The topological polar surface area (TPSA) is 64.3 Å². The van der Waals surface area contributed by atoms with Gasteiger partial charge in [-0.2, -0.15) is 0 Å². The third kappa shape index (κ3) is 3.27. The van der Waals surface area contributed by atoms with Crippen LogP contribution in [0.15, 0.2) is 0 Å². The fourth-order valence-corrected chi connectivity index (χ4v) is 1.31. The lowest BCUT2D eigenvalue weighted by Gasteiger charge is -2.26. The van der Waals surface area contributed by atoms with Gasteiger partial charge >= 0.3 is 0 Å². The molecule has 1 saturated carbocycles. The molecule has 0 radical (unpaired) electrons. The van der Waals surface area contributed by atoms with Gasteiger partial charge in [0.15, 0.2) is 0 Å². The second-order valence-corrected chi connectivity index (χ2v) is 4.19. The number of carbonyl (C=O) groups excluding carboxylic acids is 1. The van der Waals surface area contributed by atoms with E-state index in [2.05, 4.69) is 5.32 Å². The predicted molar refractivity (Wildman–Crippen MR) is 54.8 cm³/mol. The van der Waals surface area contributed by atoms with Gasteiger partial charge in [0.05, 0.1) is 6.61 Å². The standard InChI is InChI=1S/C10H20N2O2/c1-3-12-10(2,9(11)13)7-14-6-8-4-5-8/h8,12H,3-7H2,1-2H3,(H2,11,13). The molecule has 1 unspecified atom stereocenters. The molecule has 1 fully saturated rings. The van der Waals surface area contributed by atoms with Gasteiger partial charge in [-0.3, -0.25) is 4.79 Å². The largest absolute Gasteiger partial charge is 0.379 e. The molecule has 1 aliphatic rings. The van der Waals surface area contributed by atoms with E-state index in [1.54, 1.807) is 6.92 Å². The number of carbonyl (C=O) groups is 1. The van der Waals surface area contributed by atoms with Crippen LogP contribution in [0.3, 0.4) is 0 Å². The van der Waals surface area contributed by atoms with Gasteiger partial charge in [-0.1, -0.05) is 6.92 Å². The van der Waals surface area contributed by atoms with Gasteiger partial charge < -0.3 is 15.8 Å². The smallest absolute Gasteiger partial charge is 0.239 e. The lowest BCUT2D eigenvalue weighted by molar-refractivity contribution is -0.126. The number of hydrogen-bond donors (Lipinski definition) is 2. The maximum absolute atomic E-state index is 11.2. The van der Waals surface area contributed by atoms with Gasteiger partial charge in [-0.25, -0.2) is 0 Å². The first kappa shape index (κ1) is 11.5. The van der Waals surface area contributed by atoms with E-state index in [1.165, 1.54) is 12.8 Å². The van der Waals surface area contributed by atoms with Crippen LogP contribution in [0.2, 0.25) is 0 Å². The highest BCUT2D eigenvalue weighted by molar-refractivity contribution is 5.84. The molecule has 4 nitrogen and oxygen atoms in total. The molecule has 0 aromatic carbocycles. The molecular formula is C10H20N2O2. The molecular weight excluding hydrogens is 180 g/mol. The number of hydrogen-bond acceptors (Lipinski definition) is 3. The second kappa shape index (κ2) is 4.75. The molecule has 1 rings (SSSR count). The highest BCUT2D eigenvalue weighted by Crippen LogP contribution is 2.29. The van der Waals surface area contributed by atoms with E-state index in [0.717, 1.165) is 6.61 Å². The van der Waals surface area contributed by atoms with Crippen LogP contribution < -0.4 is 11.1 Å². The zero-order valence-electron chi connectivity index (χ0n) is 9.01. The van der Waals surface area contributed by atoms with Crippen molar-refractivity contribution in [3.05, 3.63) is 0 Å². The Bertz CT molecular complexity index is 204. The minimum absolute atomic E-state index is 0.352. The van der Waals surface area contributed by atoms with Crippen LogP contribution in [0.4, 0.5) is 0 Å². The van der Waals surface area contributed by atoms with Gasteiger partial charge in [0.25, 0.3) is 0 Å². The number of amides is 1. The predicted octanol–water partition coefficient (Wildman–Crippen LogP) is 0.267. The Labute approximate surface area is 85.2 Å². The molecule has 1 amide bonds. The van der Waals surface area contributed by atoms with Crippen LogP contribution in [0.1, 0.15) is 26.7 Å². The van der Waals surface area contributed by atoms with Gasteiger partial charge in [-0.05, 0) is 32.2 Å². The summed E-state index contributed by atoms with van der Waals surface area (Å²) in [5.74, 6) is 0.365. The van der Waals surface area contributed by atoms with Crippen LogP contribution in [0.25, 0.3) is 0 Å². The van der Waals surface area contributed by atoms with Crippen molar-refractivity contribution in [3.8, 4) is 0 Å². The molecule has 1 atom stereocenters. The lowest BCUT2D eigenvalue weighted by atomic mass is 10.0. The first-order chi connectivity index (χ1) is 6.58. The van der Waals surface area contributed by atoms with Crippen molar-refractivity contribution in [2.24, 2.45) is 11.7 Å². The third-order valence-corrected chi connectivity index (χ3v) is 2.55. The molecule has 0 aromatic rings. The van der Waals surface area contributed by atoms with Crippen LogP contribution in [-0.4, -0.2) is 31.2 Å². The lowest BCUT2D eigenvalue weighted by Crippen LogP contribution is -2.56. The molecule has 0 spiro atoms. The van der Waals surface area contributed by atoms with Crippen molar-refractivity contribution < 1.29 is 9.53 Å². The fraction of sp³-hybridized carbons (Fsp3) is 0.900. The van der Waals surface area contributed by atoms with E-state index < -0.39 is 5.54 Å². The van der Waals surface area contributed by atoms with Crippen LogP contribution in [-0.2, 0) is 9.53 Å². The Hall–Kier alpha value is -0.610. The van der Waals surface area contributed by atoms with Crippen LogP contribution in [0, 0.1) is 5.92 Å². The SMILES string of the molecule is CCNC(C)(COCC1CC1)C(N)=O. The molecule has 0 bridgehead atoms. The highest BCUT2D eigenvalue weighted by Gasteiger charge is 2.31. The Kier molecular flexibility index (Phi) is 3.89. The maximum atomic E-state index is 11.2. The zero-order chi connectivity index (χ0) is 10.6. The summed E-state index contributed by atoms with van der Waals surface area (Å²) in [6.45, 7) is 5.57. The highest BCUT2D eigenvalue weighted by atomic mass is 16.5. The molecule has 0 aromatic heterocycles. The monoisotopic (exact) mass is 200 g/mol. The van der Waals surface area contributed by atoms with Crippen molar-refractivity contribution in [2.75, 3.05) is 19.8 Å². The van der Waals surface area contributed by atoms with Crippen LogP contribution >= 0.6 is 0 Å². The number of likely N-dealkylation sites (N-methyl/N-ethyl adjacent to an activating group) is 1. The molecule has 4 heteroatoms. The van der Waals surface area contributed by atoms with Crippen molar-refractivity contribution in [1.82, 2.24) is 5.32 Å². The van der Waals surface area contributed by atoms with E-state index in [1.807, 2.05) is 6.92 Å². The molecule has 0 aliphatic heterocycles. The fourth-order valence-electron chi connectivity index (χ4n) is 1.31. The first-order valence-electron chi connectivity index (χ1n) is 5.21. The summed E-state index contributed by atoms with van der Waals surface area (Å²) in [6.07, 6.45) is 2.52. The van der Waals surface area contributed by atoms with E-state index in [9.17, 15) is 4.79 Å². The minimum atomic E-state index is -0.719. The number of primary amides is 1. The summed E-state index contributed by atoms with van der Waals surface area (Å²) < 4.78 is 5.47. The normalized spacial score (nSPS) is 20.4. The quantitative estimate of drug-likeness (QED) is 0.620. The minimum Gasteiger partial charge on any atom is -0.379 e. The number of nitrogens with two attached hydrogens (primary N) is 1. The van der Waals surface area contributed by atoms with Gasteiger partial charge in [0, 0.05) is 6.61 Å². The van der Waals surface area contributed by atoms with Crippen molar-refractivity contribution >= 4 is 5.91 Å². The van der Waals surface area contributed by atoms with Crippen molar-refractivity contribution in [3.63, 3.8) is 0 Å². The Morgan fingerprint density at radius 1 is 1.64 bits per heavy atom. The maximum Gasteiger partial charge on any atom is 0.239 e. The van der Waals surface area contributed by atoms with Crippen molar-refractivity contribution in [2.45, 2.75) is 32.2 Å². The van der Waals surface area contributed by atoms with Gasteiger partial charge in [0.1, 0.15) is 5.54 Å². The Morgan fingerprint density at radius 2 is 2.29 bits per heavy atom. The Balaban J connectivity index is 2.28. The van der Waals surface area contributed by atoms with E-state index in [4.69, 9.17) is 10.5 Å². The van der Waals surface area contributed by atoms with E-state index in [-0.39, 0.29) is 5.91 Å². The van der Waals surface area contributed by atoms with Gasteiger partial charge in [0.2, 0.25) is 5.91 Å². The second-order valence-electron chi connectivity index (χ2n) is 4.19. The van der Waals surface area contributed by atoms with Gasteiger partial charge in [-0.15, -0.1) is 0 Å². The van der Waals surface area contributed by atoms with E-state index in [0.29, 0.717) is 19.1 Å². The molecule has 14 heavy (non-hydrogen) atoms. The zero-order valence-corrected chi connectivity index (χ0v) is 9.01. The number of nitrogens with one attached hydrogen (secondary N) is 1. The summed E-state index contributed by atoms with van der Waals surface area (Å²) in [4.78, 5) is 11.2. The third-order valence-electron chi connectivity index (χ3n) is 2.55.